The summed E-state index contributed by atoms with van der Waals surface area (Å²) in [7, 11) is 0. The first-order valence-electron chi connectivity index (χ1n) is 5.47. The molecule has 0 atom stereocenters. The molecule has 2 aromatic heterocycles. The summed E-state index contributed by atoms with van der Waals surface area (Å²) in [6.07, 6.45) is 1.80. The van der Waals surface area contributed by atoms with Crippen LogP contribution in [-0.4, -0.2) is 21.7 Å². The molecule has 4 nitrogen and oxygen atoms in total. The van der Waals surface area contributed by atoms with Crippen LogP contribution >= 0.6 is 11.3 Å². The quantitative estimate of drug-likeness (QED) is 0.902. The van der Waals surface area contributed by atoms with E-state index in [-0.39, 0.29) is 12.5 Å². The Morgan fingerprint density at radius 1 is 1.44 bits per heavy atom. The van der Waals surface area contributed by atoms with Gasteiger partial charge in [-0.15, -0.1) is 11.3 Å². The number of aryl methyl sites for hydroxylation is 1. The van der Waals surface area contributed by atoms with E-state index in [9.17, 15) is 4.39 Å². The van der Waals surface area contributed by atoms with Gasteiger partial charge in [-0.25, -0.2) is 14.4 Å². The Kier molecular flexibility index (Phi) is 4.22. The zero-order valence-corrected chi connectivity index (χ0v) is 10.7. The molecule has 18 heavy (non-hydrogen) atoms. The Bertz CT molecular complexity index is 531. The number of ether oxygens (including phenoxy) is 1. The van der Waals surface area contributed by atoms with E-state index in [1.807, 2.05) is 6.92 Å². The van der Waals surface area contributed by atoms with Gasteiger partial charge >= 0.3 is 0 Å². The molecule has 0 aromatic carbocycles. The Morgan fingerprint density at radius 3 is 2.94 bits per heavy atom. The van der Waals surface area contributed by atoms with Gasteiger partial charge in [0.25, 0.3) is 0 Å². The van der Waals surface area contributed by atoms with Crippen LogP contribution in [0.4, 0.5) is 4.39 Å². The third-order valence-electron chi connectivity index (χ3n) is 2.48. The van der Waals surface area contributed by atoms with Crippen molar-refractivity contribution in [3.63, 3.8) is 0 Å². The van der Waals surface area contributed by atoms with Gasteiger partial charge in [-0.1, -0.05) is 0 Å². The molecule has 0 unspecified atom stereocenters. The molecular weight excluding hydrogens is 255 g/mol. The summed E-state index contributed by atoms with van der Waals surface area (Å²) in [5.74, 6) is -0.203. The van der Waals surface area contributed by atoms with Crippen LogP contribution in [-0.2, 0) is 13.0 Å². The lowest BCUT2D eigenvalue weighted by Gasteiger charge is -2.08. The molecule has 0 bridgehead atoms. The predicted octanol–water partition coefficient (Wildman–Crippen LogP) is 2.10. The highest BCUT2D eigenvalue weighted by atomic mass is 32.1. The number of hydrogen-bond donors (Lipinski definition) is 1. The molecule has 0 aliphatic carbocycles. The zero-order chi connectivity index (χ0) is 13.0. The van der Waals surface area contributed by atoms with E-state index in [0.29, 0.717) is 12.2 Å². The first kappa shape index (κ1) is 12.9. The number of thiazole rings is 1. The summed E-state index contributed by atoms with van der Waals surface area (Å²) in [4.78, 5) is 9.12. The Morgan fingerprint density at radius 2 is 2.28 bits per heavy atom. The number of nitrogens with zero attached hydrogens (tertiary/aromatic N) is 2. The lowest BCUT2D eigenvalue weighted by Crippen LogP contribution is -2.05. The molecule has 0 spiro atoms. The molecule has 0 aliphatic heterocycles. The molecule has 2 rings (SSSR count). The zero-order valence-electron chi connectivity index (χ0n) is 9.89. The highest BCUT2D eigenvalue weighted by molar-refractivity contribution is 7.09. The molecule has 2 heterocycles. The van der Waals surface area contributed by atoms with E-state index in [4.69, 9.17) is 9.84 Å². The molecule has 0 radical (unpaired) electrons. The molecule has 0 amide bonds. The SMILES string of the molecule is Cc1ncsc1CCOc1ncc(F)cc1CO. The number of rotatable bonds is 5. The van der Waals surface area contributed by atoms with Gasteiger partial charge in [-0.2, -0.15) is 0 Å². The van der Waals surface area contributed by atoms with Gasteiger partial charge in [-0.05, 0) is 13.0 Å². The monoisotopic (exact) mass is 268 g/mol. The summed E-state index contributed by atoms with van der Waals surface area (Å²) in [5, 5.41) is 9.08. The fourth-order valence-corrected chi connectivity index (χ4v) is 2.28. The maximum Gasteiger partial charge on any atom is 0.219 e. The highest BCUT2D eigenvalue weighted by Gasteiger charge is 2.07. The standard InChI is InChI=1S/C12H13FN2O2S/c1-8-11(18-7-15-8)2-3-17-12-9(6-16)4-10(13)5-14-12/h4-5,7,16H,2-3,6H2,1H3. The van der Waals surface area contributed by atoms with Crippen molar-refractivity contribution in [2.24, 2.45) is 0 Å². The number of hydrogen-bond acceptors (Lipinski definition) is 5. The van der Waals surface area contributed by atoms with Gasteiger partial charge in [0, 0.05) is 16.9 Å². The van der Waals surface area contributed by atoms with Crippen LogP contribution in [0.2, 0.25) is 0 Å². The van der Waals surface area contributed by atoms with E-state index in [1.165, 1.54) is 6.07 Å². The molecule has 96 valence electrons. The van der Waals surface area contributed by atoms with Crippen LogP contribution in [0.15, 0.2) is 17.8 Å². The first-order valence-corrected chi connectivity index (χ1v) is 6.35. The minimum atomic E-state index is -0.482. The molecular formula is C12H13FN2O2S. The van der Waals surface area contributed by atoms with Crippen molar-refractivity contribution >= 4 is 11.3 Å². The fraction of sp³-hybridized carbons (Fsp3) is 0.333. The lowest BCUT2D eigenvalue weighted by molar-refractivity contribution is 0.257. The van der Waals surface area contributed by atoms with Gasteiger partial charge < -0.3 is 9.84 Å². The molecule has 0 fully saturated rings. The van der Waals surface area contributed by atoms with Gasteiger partial charge in [0.15, 0.2) is 0 Å². The Hall–Kier alpha value is -1.53. The van der Waals surface area contributed by atoms with E-state index in [1.54, 1.807) is 16.8 Å². The van der Waals surface area contributed by atoms with Gasteiger partial charge in [0.1, 0.15) is 5.82 Å². The van der Waals surface area contributed by atoms with Crippen LogP contribution in [0.25, 0.3) is 0 Å². The third-order valence-corrected chi connectivity index (χ3v) is 3.47. The predicted molar refractivity (Wildman–Crippen MR) is 66.2 cm³/mol. The number of halogens is 1. The molecule has 0 saturated carbocycles. The second-order valence-electron chi connectivity index (χ2n) is 3.74. The summed E-state index contributed by atoms with van der Waals surface area (Å²) in [6, 6.07) is 1.22. The summed E-state index contributed by atoms with van der Waals surface area (Å²) < 4.78 is 18.3. The van der Waals surface area contributed by atoms with Crippen LogP contribution in [0.1, 0.15) is 16.1 Å². The second-order valence-corrected chi connectivity index (χ2v) is 4.67. The average Bonchev–Trinajstić information content (AvgIpc) is 2.77. The van der Waals surface area contributed by atoms with E-state index in [2.05, 4.69) is 9.97 Å². The lowest BCUT2D eigenvalue weighted by atomic mass is 10.3. The van der Waals surface area contributed by atoms with E-state index < -0.39 is 5.82 Å². The topological polar surface area (TPSA) is 55.2 Å². The highest BCUT2D eigenvalue weighted by Crippen LogP contribution is 2.17. The van der Waals surface area contributed by atoms with Gasteiger partial charge in [-0.3, -0.25) is 0 Å². The van der Waals surface area contributed by atoms with Crippen LogP contribution < -0.4 is 4.74 Å². The van der Waals surface area contributed by atoms with E-state index >= 15 is 0 Å². The number of aliphatic hydroxyl groups excluding tert-OH is 1. The average molecular weight is 268 g/mol. The normalized spacial score (nSPS) is 10.6. The van der Waals surface area contributed by atoms with Crippen molar-refractivity contribution in [2.45, 2.75) is 20.0 Å². The maximum atomic E-state index is 12.9. The largest absolute Gasteiger partial charge is 0.477 e. The van der Waals surface area contributed by atoms with Crippen molar-refractivity contribution in [2.75, 3.05) is 6.61 Å². The van der Waals surface area contributed by atoms with Gasteiger partial charge in [0.05, 0.1) is 30.6 Å². The maximum absolute atomic E-state index is 12.9. The van der Waals surface area contributed by atoms with Crippen molar-refractivity contribution in [1.29, 1.82) is 0 Å². The summed E-state index contributed by atoms with van der Waals surface area (Å²) in [6.45, 7) is 2.08. The summed E-state index contributed by atoms with van der Waals surface area (Å²) in [5.41, 5.74) is 3.15. The Balaban J connectivity index is 1.96. The first-order chi connectivity index (χ1) is 8.70. The van der Waals surface area contributed by atoms with Gasteiger partial charge in [0.2, 0.25) is 5.88 Å². The van der Waals surface area contributed by atoms with Crippen molar-refractivity contribution in [1.82, 2.24) is 9.97 Å². The second kappa shape index (κ2) is 5.88. The van der Waals surface area contributed by atoms with Crippen molar-refractivity contribution in [3.05, 3.63) is 39.7 Å². The fourth-order valence-electron chi connectivity index (χ4n) is 1.52. The molecule has 2 aromatic rings. The minimum Gasteiger partial charge on any atom is -0.477 e. The Labute approximate surface area is 108 Å². The summed E-state index contributed by atoms with van der Waals surface area (Å²) >= 11 is 1.58. The van der Waals surface area contributed by atoms with Crippen LogP contribution in [0.3, 0.4) is 0 Å². The third kappa shape index (κ3) is 3.02. The number of aromatic nitrogens is 2. The smallest absolute Gasteiger partial charge is 0.219 e. The van der Waals surface area contributed by atoms with Crippen LogP contribution in [0, 0.1) is 12.7 Å². The molecule has 6 heteroatoms. The molecule has 1 N–H and O–H groups in total. The molecule has 0 aliphatic rings. The van der Waals surface area contributed by atoms with Crippen LogP contribution in [0.5, 0.6) is 5.88 Å². The minimum absolute atomic E-state index is 0.279. The van der Waals surface area contributed by atoms with Crippen molar-refractivity contribution < 1.29 is 14.2 Å². The van der Waals surface area contributed by atoms with Crippen molar-refractivity contribution in [3.8, 4) is 5.88 Å². The number of pyridine rings is 1. The number of aliphatic hydroxyl groups is 1. The van der Waals surface area contributed by atoms with E-state index in [0.717, 1.165) is 23.2 Å². The molecule has 0 saturated heterocycles.